The molecule has 0 aromatic heterocycles. The van der Waals surface area contributed by atoms with Gasteiger partial charge in [-0.05, 0) is 35.5 Å². The Kier molecular flexibility index (Phi) is 5.02. The van der Waals surface area contributed by atoms with E-state index in [1.54, 1.807) is 0 Å². The summed E-state index contributed by atoms with van der Waals surface area (Å²) in [7, 11) is -0.655. The molecule has 0 spiro atoms. The number of ether oxygens (including phenoxy) is 1. The van der Waals surface area contributed by atoms with Crippen LogP contribution in [0.4, 0.5) is 0 Å². The third-order valence-electron chi connectivity index (χ3n) is 5.21. The average molecular weight is 395 g/mol. The summed E-state index contributed by atoms with van der Waals surface area (Å²) in [6, 6.07) is 32.3. The van der Waals surface area contributed by atoms with E-state index in [-0.39, 0.29) is 6.04 Å². The molecule has 0 radical (unpaired) electrons. The zero-order valence-corrected chi connectivity index (χ0v) is 16.9. The van der Waals surface area contributed by atoms with E-state index in [1.165, 1.54) is 27.1 Å². The Morgan fingerprint density at radius 3 is 1.97 bits per heavy atom. The molecule has 0 amide bonds. The molecular weight excluding hydrogens is 373 g/mol. The molecule has 2 aliphatic rings. The van der Waals surface area contributed by atoms with Gasteiger partial charge in [0.1, 0.15) is 6.61 Å². The highest BCUT2D eigenvalue weighted by molar-refractivity contribution is 7.77. The van der Waals surface area contributed by atoms with Gasteiger partial charge in [-0.2, -0.15) is 0 Å². The zero-order valence-electron chi connectivity index (χ0n) is 16.0. The summed E-state index contributed by atoms with van der Waals surface area (Å²) in [5, 5.41) is 7.63. The molecule has 3 heteroatoms. The molecule has 29 heavy (non-hydrogen) atoms. The Bertz CT molecular complexity index is 1030. The van der Waals surface area contributed by atoms with Crippen molar-refractivity contribution in [2.24, 2.45) is 0 Å². The monoisotopic (exact) mass is 395 g/mol. The van der Waals surface area contributed by atoms with Crippen LogP contribution in [0, 0.1) is 0 Å². The van der Waals surface area contributed by atoms with Gasteiger partial charge in [-0.25, -0.2) is 0 Å². The molecule has 1 aliphatic heterocycles. The molecule has 3 aromatic carbocycles. The van der Waals surface area contributed by atoms with Crippen LogP contribution < -0.4 is 15.9 Å². The van der Waals surface area contributed by atoms with Crippen molar-refractivity contribution < 1.29 is 4.74 Å². The van der Waals surface area contributed by atoms with Crippen molar-refractivity contribution in [2.45, 2.75) is 6.04 Å². The Labute approximate surface area is 173 Å². The number of hydrogen-bond acceptors (Lipinski definition) is 2. The van der Waals surface area contributed by atoms with E-state index in [4.69, 9.17) is 4.74 Å². The van der Waals surface area contributed by atoms with Crippen LogP contribution in [0.2, 0.25) is 0 Å². The first-order valence-electron chi connectivity index (χ1n) is 9.88. The predicted octanol–water partition coefficient (Wildman–Crippen LogP) is 5.15. The van der Waals surface area contributed by atoms with E-state index >= 15 is 0 Å². The highest BCUT2D eigenvalue weighted by atomic mass is 31.1. The number of benzene rings is 3. The van der Waals surface area contributed by atoms with E-state index in [9.17, 15) is 0 Å². The van der Waals surface area contributed by atoms with Gasteiger partial charge in [0.15, 0.2) is 5.88 Å². The van der Waals surface area contributed by atoms with Gasteiger partial charge in [0.05, 0.1) is 6.04 Å². The minimum atomic E-state index is -0.655. The zero-order chi connectivity index (χ0) is 19.5. The molecule has 0 saturated carbocycles. The third-order valence-corrected chi connectivity index (χ3v) is 7.71. The van der Waals surface area contributed by atoms with Crippen molar-refractivity contribution in [3.05, 3.63) is 132 Å². The Morgan fingerprint density at radius 1 is 0.759 bits per heavy atom. The fraction of sp³-hybridized carbons (Fsp3) is 0.0769. The molecule has 1 fully saturated rings. The Hall–Kier alpha value is -3.09. The van der Waals surface area contributed by atoms with Crippen LogP contribution >= 0.6 is 7.92 Å². The maximum absolute atomic E-state index is 6.14. The SMILES string of the molecule is C1=CC(=C2NC(c3ccccc3)CO2)C(P(c2ccccc2)c2ccccc2)=C1. The van der Waals surface area contributed by atoms with Crippen LogP contribution in [0.1, 0.15) is 11.6 Å². The second-order valence-corrected chi connectivity index (χ2v) is 9.26. The molecule has 0 bridgehead atoms. The van der Waals surface area contributed by atoms with Crippen molar-refractivity contribution in [1.82, 2.24) is 5.32 Å². The quantitative estimate of drug-likeness (QED) is 0.617. The summed E-state index contributed by atoms with van der Waals surface area (Å²) >= 11 is 0. The van der Waals surface area contributed by atoms with Crippen LogP contribution in [0.5, 0.6) is 0 Å². The lowest BCUT2D eigenvalue weighted by Gasteiger charge is -2.22. The maximum Gasteiger partial charge on any atom is 0.195 e. The molecular formula is C26H22NOP. The molecule has 1 unspecified atom stereocenters. The smallest absolute Gasteiger partial charge is 0.195 e. The van der Waals surface area contributed by atoms with E-state index < -0.39 is 7.92 Å². The maximum atomic E-state index is 6.14. The summed E-state index contributed by atoms with van der Waals surface area (Å²) in [4.78, 5) is 0. The Morgan fingerprint density at radius 2 is 1.34 bits per heavy atom. The van der Waals surface area contributed by atoms with E-state index in [2.05, 4.69) is 108 Å². The largest absolute Gasteiger partial charge is 0.476 e. The lowest BCUT2D eigenvalue weighted by molar-refractivity contribution is 0.253. The molecule has 5 rings (SSSR count). The van der Waals surface area contributed by atoms with Crippen molar-refractivity contribution in [1.29, 1.82) is 0 Å². The van der Waals surface area contributed by atoms with Crippen LogP contribution in [-0.2, 0) is 4.74 Å². The highest BCUT2D eigenvalue weighted by Gasteiger charge is 2.29. The van der Waals surface area contributed by atoms with Gasteiger partial charge >= 0.3 is 0 Å². The Balaban J connectivity index is 1.52. The summed E-state index contributed by atoms with van der Waals surface area (Å²) in [6.45, 7) is 0.651. The van der Waals surface area contributed by atoms with Gasteiger partial charge in [-0.1, -0.05) is 103 Å². The number of nitrogens with one attached hydrogen (secondary N) is 1. The summed E-state index contributed by atoms with van der Waals surface area (Å²) in [5.74, 6) is 0.887. The molecule has 1 N–H and O–H groups in total. The molecule has 1 atom stereocenters. The van der Waals surface area contributed by atoms with Gasteiger partial charge in [-0.15, -0.1) is 0 Å². The third kappa shape index (κ3) is 3.64. The average Bonchev–Trinajstić information content (AvgIpc) is 3.46. The minimum Gasteiger partial charge on any atom is -0.476 e. The molecule has 1 aliphatic carbocycles. The number of hydrogen-bond donors (Lipinski definition) is 1. The van der Waals surface area contributed by atoms with Crippen LogP contribution in [0.15, 0.2) is 126 Å². The molecule has 142 valence electrons. The first kappa shape index (κ1) is 18.0. The highest BCUT2D eigenvalue weighted by Crippen LogP contribution is 2.49. The molecule has 1 heterocycles. The van der Waals surface area contributed by atoms with Crippen LogP contribution in [0.3, 0.4) is 0 Å². The summed E-state index contributed by atoms with van der Waals surface area (Å²) in [5.41, 5.74) is 2.42. The topological polar surface area (TPSA) is 21.3 Å². The second-order valence-electron chi connectivity index (χ2n) is 7.08. The molecule has 3 aromatic rings. The summed E-state index contributed by atoms with van der Waals surface area (Å²) in [6.07, 6.45) is 6.56. The van der Waals surface area contributed by atoms with E-state index in [1.807, 2.05) is 6.07 Å². The van der Waals surface area contributed by atoms with Gasteiger partial charge in [-0.3, -0.25) is 0 Å². The lowest BCUT2D eigenvalue weighted by Crippen LogP contribution is -2.17. The fourth-order valence-corrected chi connectivity index (χ4v) is 6.25. The predicted molar refractivity (Wildman–Crippen MR) is 122 cm³/mol. The van der Waals surface area contributed by atoms with E-state index in [0.29, 0.717) is 6.61 Å². The first-order valence-corrected chi connectivity index (χ1v) is 11.2. The second kappa shape index (κ2) is 8.11. The van der Waals surface area contributed by atoms with Crippen molar-refractivity contribution in [3.8, 4) is 0 Å². The normalized spacial score (nSPS) is 20.4. The van der Waals surface area contributed by atoms with Gasteiger partial charge in [0.25, 0.3) is 0 Å². The number of rotatable bonds is 4. The van der Waals surface area contributed by atoms with Gasteiger partial charge < -0.3 is 10.1 Å². The van der Waals surface area contributed by atoms with Gasteiger partial charge in [0, 0.05) is 5.57 Å². The van der Waals surface area contributed by atoms with Gasteiger partial charge in [0.2, 0.25) is 0 Å². The standard InChI is InChI=1S/C26H22NOP/c1-4-11-20(12-5-1)24-19-28-26(27-24)23-17-10-18-25(23)29(21-13-6-2-7-14-21)22-15-8-3-9-16-22/h1-18,24,27H,19H2. The summed E-state index contributed by atoms with van der Waals surface area (Å²) < 4.78 is 6.14. The fourth-order valence-electron chi connectivity index (χ4n) is 3.81. The van der Waals surface area contributed by atoms with Crippen LogP contribution in [0.25, 0.3) is 0 Å². The number of allylic oxidation sites excluding steroid dienone is 5. The van der Waals surface area contributed by atoms with Crippen LogP contribution in [-0.4, -0.2) is 6.61 Å². The minimum absolute atomic E-state index is 0.189. The molecule has 1 saturated heterocycles. The van der Waals surface area contributed by atoms with Crippen molar-refractivity contribution in [3.63, 3.8) is 0 Å². The van der Waals surface area contributed by atoms with E-state index in [0.717, 1.165) is 5.88 Å². The molecule has 2 nitrogen and oxygen atoms in total. The lowest BCUT2D eigenvalue weighted by atomic mass is 10.1. The van der Waals surface area contributed by atoms with Crippen molar-refractivity contribution >= 4 is 18.5 Å². The van der Waals surface area contributed by atoms with Crippen molar-refractivity contribution in [2.75, 3.05) is 6.61 Å². The first-order chi connectivity index (χ1) is 14.4.